The van der Waals surface area contributed by atoms with E-state index in [1.807, 2.05) is 0 Å². The second-order valence-corrected chi connectivity index (χ2v) is 3.15. The van der Waals surface area contributed by atoms with Crippen molar-refractivity contribution in [2.24, 2.45) is 0 Å². The number of piperidine rings is 1. The quantitative estimate of drug-likeness (QED) is 0.519. The highest BCUT2D eigenvalue weighted by Crippen LogP contribution is 2.28. The van der Waals surface area contributed by atoms with Gasteiger partial charge in [-0.15, -0.1) is 0 Å². The van der Waals surface area contributed by atoms with Crippen molar-refractivity contribution in [1.82, 2.24) is 5.32 Å². The molecule has 2 aliphatic heterocycles. The minimum absolute atomic E-state index is 0.212. The van der Waals surface area contributed by atoms with Gasteiger partial charge in [-0.1, -0.05) is 6.42 Å². The van der Waals surface area contributed by atoms with Gasteiger partial charge in [0.1, 0.15) is 6.17 Å². The van der Waals surface area contributed by atoms with Crippen LogP contribution in [0.5, 0.6) is 0 Å². The van der Waals surface area contributed by atoms with E-state index in [0.29, 0.717) is 6.04 Å². The Morgan fingerprint density at radius 2 is 2.22 bits per heavy atom. The van der Waals surface area contributed by atoms with Crippen LogP contribution in [0, 0.1) is 0 Å². The summed E-state index contributed by atoms with van der Waals surface area (Å²) in [6, 6.07) is 0.725. The lowest BCUT2D eigenvalue weighted by atomic mass is 10.1. The van der Waals surface area contributed by atoms with Crippen LogP contribution in [0.25, 0.3) is 0 Å². The number of hydrogen-bond acceptors (Lipinski definition) is 1. The number of nitrogens with one attached hydrogen (secondary N) is 1. The molecule has 2 rings (SSSR count). The number of fused-ring (bicyclic) bond motifs is 2. The third-order valence-corrected chi connectivity index (χ3v) is 2.46. The van der Waals surface area contributed by atoms with Crippen LogP contribution in [0.1, 0.15) is 25.7 Å². The molecule has 1 N–H and O–H groups in total. The highest BCUT2D eigenvalue weighted by Gasteiger charge is 2.36. The van der Waals surface area contributed by atoms with E-state index < -0.39 is 6.17 Å². The number of hydrogen-bond donors (Lipinski definition) is 1. The van der Waals surface area contributed by atoms with Crippen LogP contribution in [-0.4, -0.2) is 18.3 Å². The highest BCUT2D eigenvalue weighted by atomic mass is 19.1. The monoisotopic (exact) mass is 129 g/mol. The minimum atomic E-state index is -0.544. The van der Waals surface area contributed by atoms with Crippen molar-refractivity contribution in [3.8, 4) is 0 Å². The fourth-order valence-corrected chi connectivity index (χ4v) is 1.96. The molecular formula is C7H12FN. The van der Waals surface area contributed by atoms with Gasteiger partial charge in [0.2, 0.25) is 0 Å². The predicted octanol–water partition coefficient (Wildman–Crippen LogP) is 1.24. The van der Waals surface area contributed by atoms with E-state index in [-0.39, 0.29) is 6.04 Å². The van der Waals surface area contributed by atoms with Gasteiger partial charge in [0, 0.05) is 12.1 Å². The van der Waals surface area contributed by atoms with Crippen molar-refractivity contribution in [3.63, 3.8) is 0 Å². The summed E-state index contributed by atoms with van der Waals surface area (Å²) in [7, 11) is 0. The summed E-state index contributed by atoms with van der Waals surface area (Å²) in [5.41, 5.74) is 0. The summed E-state index contributed by atoms with van der Waals surface area (Å²) in [6.45, 7) is 0. The van der Waals surface area contributed by atoms with Crippen molar-refractivity contribution in [1.29, 1.82) is 0 Å². The van der Waals surface area contributed by atoms with E-state index in [0.717, 1.165) is 12.8 Å². The second-order valence-electron chi connectivity index (χ2n) is 3.15. The number of alkyl halides is 1. The molecule has 0 spiro atoms. The Morgan fingerprint density at radius 1 is 1.33 bits per heavy atom. The molecule has 2 fully saturated rings. The van der Waals surface area contributed by atoms with Gasteiger partial charge in [0.15, 0.2) is 0 Å². The first-order chi connectivity index (χ1) is 4.36. The van der Waals surface area contributed by atoms with Crippen molar-refractivity contribution in [2.45, 2.75) is 43.9 Å². The van der Waals surface area contributed by atoms with Gasteiger partial charge in [0.25, 0.3) is 0 Å². The Balaban J connectivity index is 2.07. The van der Waals surface area contributed by atoms with Crippen molar-refractivity contribution < 1.29 is 4.39 Å². The van der Waals surface area contributed by atoms with E-state index in [1.165, 1.54) is 12.8 Å². The third-order valence-electron chi connectivity index (χ3n) is 2.46. The largest absolute Gasteiger partial charge is 0.308 e. The first-order valence-corrected chi connectivity index (χ1v) is 3.76. The molecule has 0 aromatic heterocycles. The smallest absolute Gasteiger partial charge is 0.117 e. The van der Waals surface area contributed by atoms with Gasteiger partial charge in [-0.3, -0.25) is 0 Å². The zero-order valence-corrected chi connectivity index (χ0v) is 5.44. The van der Waals surface area contributed by atoms with E-state index in [2.05, 4.69) is 5.32 Å². The first kappa shape index (κ1) is 5.66. The molecule has 2 bridgehead atoms. The Labute approximate surface area is 54.6 Å². The normalized spacial score (nSPS) is 49.7. The average molecular weight is 129 g/mol. The van der Waals surface area contributed by atoms with Crippen LogP contribution < -0.4 is 5.32 Å². The fourth-order valence-electron chi connectivity index (χ4n) is 1.96. The molecular weight excluding hydrogens is 117 g/mol. The maximum absolute atomic E-state index is 12.8. The maximum atomic E-state index is 12.8. The number of halogens is 1. The van der Waals surface area contributed by atoms with Gasteiger partial charge < -0.3 is 5.32 Å². The summed E-state index contributed by atoms with van der Waals surface area (Å²) < 4.78 is 12.8. The fraction of sp³-hybridized carbons (Fsp3) is 1.00. The molecule has 2 saturated heterocycles. The Hall–Kier alpha value is -0.110. The van der Waals surface area contributed by atoms with Crippen LogP contribution in [0.4, 0.5) is 4.39 Å². The Kier molecular flexibility index (Phi) is 1.22. The molecule has 0 amide bonds. The van der Waals surface area contributed by atoms with Gasteiger partial charge in [-0.25, -0.2) is 4.39 Å². The van der Waals surface area contributed by atoms with E-state index in [4.69, 9.17) is 0 Å². The summed E-state index contributed by atoms with van der Waals surface area (Å²) >= 11 is 0. The molecule has 52 valence electrons. The van der Waals surface area contributed by atoms with Crippen molar-refractivity contribution in [3.05, 3.63) is 0 Å². The van der Waals surface area contributed by atoms with E-state index in [1.54, 1.807) is 0 Å². The van der Waals surface area contributed by atoms with Crippen LogP contribution in [0.15, 0.2) is 0 Å². The standard InChI is InChI=1S/C7H12FN/c8-6-4-5-2-1-3-7(6)9-5/h5-7,9H,1-4H2/t5-,6+,7+/m0/s1. The van der Waals surface area contributed by atoms with Gasteiger partial charge in [0.05, 0.1) is 0 Å². The van der Waals surface area contributed by atoms with E-state index >= 15 is 0 Å². The summed E-state index contributed by atoms with van der Waals surface area (Å²) in [5.74, 6) is 0. The second kappa shape index (κ2) is 1.94. The summed E-state index contributed by atoms with van der Waals surface area (Å²) in [5, 5.41) is 3.27. The number of rotatable bonds is 0. The molecule has 0 aromatic rings. The molecule has 0 saturated carbocycles. The van der Waals surface area contributed by atoms with Crippen LogP contribution in [0.3, 0.4) is 0 Å². The molecule has 0 radical (unpaired) electrons. The zero-order chi connectivity index (χ0) is 6.27. The first-order valence-electron chi connectivity index (χ1n) is 3.76. The Morgan fingerprint density at radius 3 is 2.89 bits per heavy atom. The molecule has 2 heteroatoms. The van der Waals surface area contributed by atoms with Crippen molar-refractivity contribution >= 4 is 0 Å². The molecule has 0 aromatic carbocycles. The lowest BCUT2D eigenvalue weighted by Crippen LogP contribution is -2.35. The molecule has 3 atom stereocenters. The average Bonchev–Trinajstić information content (AvgIpc) is 2.09. The van der Waals surface area contributed by atoms with Crippen LogP contribution >= 0.6 is 0 Å². The summed E-state index contributed by atoms with van der Waals surface area (Å²) in [6.07, 6.45) is 3.69. The lowest BCUT2D eigenvalue weighted by Gasteiger charge is -2.19. The van der Waals surface area contributed by atoms with Crippen LogP contribution in [-0.2, 0) is 0 Å². The maximum Gasteiger partial charge on any atom is 0.117 e. The molecule has 9 heavy (non-hydrogen) atoms. The summed E-state index contributed by atoms with van der Waals surface area (Å²) in [4.78, 5) is 0. The molecule has 0 unspecified atom stereocenters. The van der Waals surface area contributed by atoms with Gasteiger partial charge in [-0.2, -0.15) is 0 Å². The van der Waals surface area contributed by atoms with Gasteiger partial charge >= 0.3 is 0 Å². The third kappa shape index (κ3) is 0.855. The highest BCUT2D eigenvalue weighted by molar-refractivity contribution is 4.94. The lowest BCUT2D eigenvalue weighted by molar-refractivity contribution is 0.288. The SMILES string of the molecule is F[C@@H]1C[C@@H]2CCC[C@H]1N2. The van der Waals surface area contributed by atoms with Crippen LogP contribution in [0.2, 0.25) is 0 Å². The topological polar surface area (TPSA) is 12.0 Å². The molecule has 2 heterocycles. The molecule has 2 aliphatic rings. The molecule has 1 nitrogen and oxygen atoms in total. The van der Waals surface area contributed by atoms with E-state index in [9.17, 15) is 4.39 Å². The molecule has 0 aliphatic carbocycles. The van der Waals surface area contributed by atoms with Gasteiger partial charge in [-0.05, 0) is 19.3 Å². The zero-order valence-electron chi connectivity index (χ0n) is 5.44. The Bertz CT molecular complexity index is 113. The minimum Gasteiger partial charge on any atom is -0.308 e. The predicted molar refractivity (Wildman–Crippen MR) is 34.1 cm³/mol. The van der Waals surface area contributed by atoms with Crippen molar-refractivity contribution in [2.75, 3.05) is 0 Å².